The van der Waals surface area contributed by atoms with E-state index in [1.807, 2.05) is 27.7 Å². The number of ether oxygens (including phenoxy) is 3. The maximum Gasteiger partial charge on any atom is 0.341 e. The van der Waals surface area contributed by atoms with Gasteiger partial charge >= 0.3 is 11.9 Å². The maximum atomic E-state index is 11.4. The van der Waals surface area contributed by atoms with Crippen LogP contribution in [-0.2, 0) is 20.7 Å². The lowest BCUT2D eigenvalue weighted by molar-refractivity contribution is -0.139. The SMILES string of the molecule is COC(=O)C=C[C@]1(C)CCc2c(C)c(OCC(=O)O)c(C)c(C)c2O1. The summed E-state index contributed by atoms with van der Waals surface area (Å²) in [4.78, 5) is 22.2. The predicted octanol–water partition coefficient (Wildman–Crippen LogP) is 2.89. The van der Waals surface area contributed by atoms with Crippen LogP contribution in [-0.4, -0.2) is 36.4 Å². The number of hydrogen-bond donors (Lipinski definition) is 1. The molecule has 136 valence electrons. The highest BCUT2D eigenvalue weighted by molar-refractivity contribution is 5.82. The Morgan fingerprint density at radius 3 is 2.52 bits per heavy atom. The number of carbonyl (C=O) groups is 2. The zero-order chi connectivity index (χ0) is 18.8. The molecule has 0 radical (unpaired) electrons. The summed E-state index contributed by atoms with van der Waals surface area (Å²) in [6, 6.07) is 0. The van der Waals surface area contributed by atoms with Crippen LogP contribution in [0.1, 0.15) is 35.6 Å². The Morgan fingerprint density at radius 1 is 1.24 bits per heavy atom. The third kappa shape index (κ3) is 3.95. The average molecular weight is 348 g/mol. The van der Waals surface area contributed by atoms with Crippen molar-refractivity contribution in [3.63, 3.8) is 0 Å². The molecule has 25 heavy (non-hydrogen) atoms. The van der Waals surface area contributed by atoms with Crippen LogP contribution in [0.5, 0.6) is 11.5 Å². The Kier molecular flexibility index (Phi) is 5.40. The fourth-order valence-electron chi connectivity index (χ4n) is 3.03. The van der Waals surface area contributed by atoms with Gasteiger partial charge in [-0.2, -0.15) is 0 Å². The van der Waals surface area contributed by atoms with Crippen molar-refractivity contribution in [2.24, 2.45) is 0 Å². The second-order valence-corrected chi connectivity index (χ2v) is 6.47. The molecule has 1 aromatic carbocycles. The van der Waals surface area contributed by atoms with E-state index in [9.17, 15) is 9.59 Å². The summed E-state index contributed by atoms with van der Waals surface area (Å²) in [5.74, 6) is -0.0417. The second kappa shape index (κ2) is 7.17. The van der Waals surface area contributed by atoms with E-state index < -0.39 is 17.5 Å². The summed E-state index contributed by atoms with van der Waals surface area (Å²) in [5, 5.41) is 8.86. The molecule has 0 bridgehead atoms. The number of esters is 1. The highest BCUT2D eigenvalue weighted by Crippen LogP contribution is 2.44. The first kappa shape index (κ1) is 18.8. The Balaban J connectivity index is 2.39. The smallest absolute Gasteiger partial charge is 0.341 e. The van der Waals surface area contributed by atoms with Crippen molar-refractivity contribution in [3.8, 4) is 11.5 Å². The van der Waals surface area contributed by atoms with E-state index in [0.717, 1.165) is 34.4 Å². The van der Waals surface area contributed by atoms with Crippen LogP contribution in [0.2, 0.25) is 0 Å². The van der Waals surface area contributed by atoms with E-state index in [4.69, 9.17) is 14.6 Å². The number of rotatable bonds is 5. The van der Waals surface area contributed by atoms with Crippen LogP contribution in [0.3, 0.4) is 0 Å². The number of benzene rings is 1. The van der Waals surface area contributed by atoms with E-state index >= 15 is 0 Å². The van der Waals surface area contributed by atoms with Gasteiger partial charge in [0.25, 0.3) is 0 Å². The Bertz CT molecular complexity index is 734. The van der Waals surface area contributed by atoms with E-state index in [0.29, 0.717) is 12.2 Å². The summed E-state index contributed by atoms with van der Waals surface area (Å²) in [5.41, 5.74) is 3.09. The van der Waals surface area contributed by atoms with Gasteiger partial charge in [-0.15, -0.1) is 0 Å². The number of carbonyl (C=O) groups excluding carboxylic acids is 1. The van der Waals surface area contributed by atoms with Crippen LogP contribution >= 0.6 is 0 Å². The van der Waals surface area contributed by atoms with Gasteiger partial charge in [0.05, 0.1) is 7.11 Å². The van der Waals surface area contributed by atoms with Crippen LogP contribution in [0.4, 0.5) is 0 Å². The van der Waals surface area contributed by atoms with Gasteiger partial charge in [0.1, 0.15) is 17.1 Å². The largest absolute Gasteiger partial charge is 0.483 e. The minimum atomic E-state index is -1.01. The molecular formula is C19H24O6. The molecule has 0 fully saturated rings. The van der Waals surface area contributed by atoms with Crippen molar-refractivity contribution in [2.45, 2.75) is 46.1 Å². The molecule has 0 amide bonds. The fraction of sp³-hybridized carbons (Fsp3) is 0.474. The van der Waals surface area contributed by atoms with Crippen molar-refractivity contribution in [3.05, 3.63) is 34.4 Å². The number of carboxylic acids is 1. The molecule has 0 aliphatic carbocycles. The first-order valence-electron chi connectivity index (χ1n) is 8.12. The molecule has 0 unspecified atom stereocenters. The molecular weight excluding hydrogens is 324 g/mol. The van der Waals surface area contributed by atoms with Crippen LogP contribution in [0.25, 0.3) is 0 Å². The topological polar surface area (TPSA) is 82.1 Å². The summed E-state index contributed by atoms with van der Waals surface area (Å²) in [7, 11) is 1.33. The van der Waals surface area contributed by atoms with Crippen molar-refractivity contribution in [1.29, 1.82) is 0 Å². The van der Waals surface area contributed by atoms with E-state index in [1.165, 1.54) is 13.2 Å². The van der Waals surface area contributed by atoms with Gasteiger partial charge in [0.15, 0.2) is 6.61 Å². The summed E-state index contributed by atoms with van der Waals surface area (Å²) >= 11 is 0. The predicted molar refractivity (Wildman–Crippen MR) is 92.3 cm³/mol. The highest BCUT2D eigenvalue weighted by atomic mass is 16.5. The average Bonchev–Trinajstić information content (AvgIpc) is 2.57. The molecule has 0 saturated carbocycles. The normalized spacial score (nSPS) is 19.2. The van der Waals surface area contributed by atoms with Crippen molar-refractivity contribution in [2.75, 3.05) is 13.7 Å². The van der Waals surface area contributed by atoms with Gasteiger partial charge in [-0.3, -0.25) is 0 Å². The zero-order valence-corrected chi connectivity index (χ0v) is 15.3. The monoisotopic (exact) mass is 348 g/mol. The molecule has 1 aliphatic heterocycles. The summed E-state index contributed by atoms with van der Waals surface area (Å²) in [6.07, 6.45) is 4.54. The lowest BCUT2D eigenvalue weighted by Crippen LogP contribution is -2.35. The van der Waals surface area contributed by atoms with E-state index in [2.05, 4.69) is 4.74 Å². The molecule has 1 aromatic rings. The highest BCUT2D eigenvalue weighted by Gasteiger charge is 2.33. The minimum Gasteiger partial charge on any atom is -0.483 e. The van der Waals surface area contributed by atoms with Gasteiger partial charge in [-0.1, -0.05) is 0 Å². The molecule has 1 heterocycles. The number of fused-ring (bicyclic) bond motifs is 1. The number of methoxy groups -OCH3 is 1. The van der Waals surface area contributed by atoms with Gasteiger partial charge < -0.3 is 19.3 Å². The number of aliphatic carboxylic acids is 1. The van der Waals surface area contributed by atoms with Crippen molar-refractivity contribution >= 4 is 11.9 Å². The van der Waals surface area contributed by atoms with Crippen LogP contribution in [0.15, 0.2) is 12.2 Å². The first-order valence-corrected chi connectivity index (χ1v) is 8.12. The molecule has 6 heteroatoms. The molecule has 1 N–H and O–H groups in total. The molecule has 2 rings (SSSR count). The van der Waals surface area contributed by atoms with Gasteiger partial charge in [0.2, 0.25) is 0 Å². The minimum absolute atomic E-state index is 0.375. The molecule has 0 spiro atoms. The lowest BCUT2D eigenvalue weighted by Gasteiger charge is -2.36. The zero-order valence-electron chi connectivity index (χ0n) is 15.3. The van der Waals surface area contributed by atoms with E-state index in [-0.39, 0.29) is 6.61 Å². The van der Waals surface area contributed by atoms with Crippen molar-refractivity contribution in [1.82, 2.24) is 0 Å². The van der Waals surface area contributed by atoms with Gasteiger partial charge in [-0.25, -0.2) is 9.59 Å². The van der Waals surface area contributed by atoms with E-state index in [1.54, 1.807) is 6.08 Å². The molecule has 1 aliphatic rings. The quantitative estimate of drug-likeness (QED) is 0.651. The Labute approximate surface area is 147 Å². The Hall–Kier alpha value is -2.50. The standard InChI is InChI=1S/C19H24O6/c1-11-12(2)18-14(13(3)17(11)24-10-15(20)21)6-8-19(4,25-18)9-7-16(22)23-5/h7,9H,6,8,10H2,1-5H3,(H,20,21)/t19-/m0/s1. The van der Waals surface area contributed by atoms with Crippen LogP contribution in [0, 0.1) is 20.8 Å². The molecule has 0 aromatic heterocycles. The number of hydrogen-bond acceptors (Lipinski definition) is 5. The molecule has 6 nitrogen and oxygen atoms in total. The Morgan fingerprint density at radius 2 is 1.92 bits per heavy atom. The lowest BCUT2D eigenvalue weighted by atomic mass is 9.87. The molecule has 1 atom stereocenters. The van der Waals surface area contributed by atoms with Crippen LogP contribution < -0.4 is 9.47 Å². The second-order valence-electron chi connectivity index (χ2n) is 6.47. The summed E-state index contributed by atoms with van der Waals surface area (Å²) < 4.78 is 16.3. The van der Waals surface area contributed by atoms with Gasteiger partial charge in [-0.05, 0) is 63.3 Å². The summed E-state index contributed by atoms with van der Waals surface area (Å²) in [6.45, 7) is 7.28. The van der Waals surface area contributed by atoms with Gasteiger partial charge in [0, 0.05) is 11.6 Å². The molecule has 0 saturated heterocycles. The number of carboxylic acid groups (broad SMARTS) is 1. The maximum absolute atomic E-state index is 11.4. The third-order valence-corrected chi connectivity index (χ3v) is 4.63. The first-order chi connectivity index (χ1) is 11.7. The fourth-order valence-corrected chi connectivity index (χ4v) is 3.03. The van der Waals surface area contributed by atoms with Crippen molar-refractivity contribution < 1.29 is 28.9 Å². The third-order valence-electron chi connectivity index (χ3n) is 4.63.